The van der Waals surface area contributed by atoms with Crippen molar-refractivity contribution in [3.8, 4) is 0 Å². The number of rotatable bonds is 2. The summed E-state index contributed by atoms with van der Waals surface area (Å²) < 4.78 is 1.54. The summed E-state index contributed by atoms with van der Waals surface area (Å²) in [5, 5.41) is 0. The van der Waals surface area contributed by atoms with Crippen LogP contribution in [0.3, 0.4) is 0 Å². The van der Waals surface area contributed by atoms with Crippen LogP contribution in [-0.2, 0) is 0 Å². The second-order valence-electron chi connectivity index (χ2n) is 1.04. The molecule has 31 valence electrons. The van der Waals surface area contributed by atoms with Gasteiger partial charge in [0.1, 0.15) is 0 Å². The van der Waals surface area contributed by atoms with E-state index < -0.39 is 0 Å². The molecule has 0 aliphatic carbocycles. The van der Waals surface area contributed by atoms with Crippen LogP contribution in [-0.4, -0.2) is 21.6 Å². The molecular formula is C4H10Sb. The van der Waals surface area contributed by atoms with E-state index >= 15 is 0 Å². The molecule has 0 heterocycles. The Morgan fingerprint density at radius 1 is 1.60 bits per heavy atom. The van der Waals surface area contributed by atoms with Gasteiger partial charge in [-0.05, 0) is 0 Å². The zero-order valence-electron chi connectivity index (χ0n) is 3.86. The van der Waals surface area contributed by atoms with Crippen molar-refractivity contribution in [2.24, 2.45) is 0 Å². The van der Waals surface area contributed by atoms with Crippen LogP contribution in [0.1, 0.15) is 13.3 Å². The Balaban J connectivity index is 2.19. The van der Waals surface area contributed by atoms with E-state index in [2.05, 4.69) is 11.8 Å². The van der Waals surface area contributed by atoms with Crippen LogP contribution < -0.4 is 0 Å². The van der Waals surface area contributed by atoms with Gasteiger partial charge in [0, 0.05) is 0 Å². The quantitative estimate of drug-likeness (QED) is 0.565. The van der Waals surface area contributed by atoms with E-state index in [4.69, 9.17) is 0 Å². The van der Waals surface area contributed by atoms with Crippen LogP contribution in [0.2, 0.25) is 9.24 Å². The Morgan fingerprint density at radius 3 is 2.20 bits per heavy atom. The van der Waals surface area contributed by atoms with Crippen molar-refractivity contribution in [2.45, 2.75) is 22.6 Å². The third-order valence-corrected chi connectivity index (χ3v) is 3.00. The second kappa shape index (κ2) is 4.82. The van der Waals surface area contributed by atoms with Crippen molar-refractivity contribution in [2.75, 3.05) is 0 Å². The summed E-state index contributed by atoms with van der Waals surface area (Å²) >= 11 is 0.340. The minimum atomic E-state index is 0.340. The van der Waals surface area contributed by atoms with Crippen molar-refractivity contribution >= 4 is 21.6 Å². The van der Waals surface area contributed by atoms with E-state index in [-0.39, 0.29) is 0 Å². The van der Waals surface area contributed by atoms with Crippen LogP contribution in [0.5, 0.6) is 0 Å². The molecule has 0 unspecified atom stereocenters. The van der Waals surface area contributed by atoms with E-state index in [1.807, 2.05) is 0 Å². The zero-order chi connectivity index (χ0) is 4.12. The van der Waals surface area contributed by atoms with Gasteiger partial charge in [-0.3, -0.25) is 0 Å². The van der Waals surface area contributed by atoms with Crippen LogP contribution in [0.25, 0.3) is 0 Å². The molecule has 1 heteroatoms. The monoisotopic (exact) mass is 179 g/mol. The summed E-state index contributed by atoms with van der Waals surface area (Å²) in [5.41, 5.74) is 0. The molecule has 0 bridgehead atoms. The molecule has 0 N–H and O–H groups in total. The van der Waals surface area contributed by atoms with E-state index in [0.717, 1.165) is 0 Å². The molecule has 0 aromatic carbocycles. The van der Waals surface area contributed by atoms with Gasteiger partial charge in [-0.25, -0.2) is 0 Å². The molecule has 0 aromatic rings. The van der Waals surface area contributed by atoms with Gasteiger partial charge in [-0.2, -0.15) is 0 Å². The van der Waals surface area contributed by atoms with Gasteiger partial charge in [-0.15, -0.1) is 0 Å². The molecule has 0 saturated heterocycles. The molecule has 0 aromatic heterocycles. The topological polar surface area (TPSA) is 0 Å². The van der Waals surface area contributed by atoms with Crippen molar-refractivity contribution in [1.29, 1.82) is 0 Å². The maximum atomic E-state index is 2.36. The molecule has 0 atom stereocenters. The molecular weight excluding hydrogens is 170 g/mol. The summed E-state index contributed by atoms with van der Waals surface area (Å²) in [4.78, 5) is 2.36. The molecule has 0 fully saturated rings. The SMILES string of the molecule is CC[CH2][Sb][CH3]. The summed E-state index contributed by atoms with van der Waals surface area (Å²) in [6, 6.07) is 0. The average molecular weight is 180 g/mol. The first-order valence-electron chi connectivity index (χ1n) is 1.97. The van der Waals surface area contributed by atoms with Gasteiger partial charge < -0.3 is 0 Å². The maximum absolute atomic E-state index is 2.36. The van der Waals surface area contributed by atoms with Gasteiger partial charge in [0.05, 0.1) is 0 Å². The Morgan fingerprint density at radius 2 is 2.20 bits per heavy atom. The normalized spacial score (nSPS) is 8.40. The van der Waals surface area contributed by atoms with Crippen LogP contribution in [0.15, 0.2) is 0 Å². The van der Waals surface area contributed by atoms with Crippen molar-refractivity contribution in [3.05, 3.63) is 0 Å². The second-order valence-corrected chi connectivity index (χ2v) is 4.12. The fourth-order valence-corrected chi connectivity index (χ4v) is 1.50. The molecule has 0 rings (SSSR count). The molecule has 0 aliphatic rings. The molecule has 0 amide bonds. The zero-order valence-corrected chi connectivity index (χ0v) is 6.41. The predicted octanol–water partition coefficient (Wildman–Crippen LogP) is 1.57. The fourth-order valence-electron chi connectivity index (χ4n) is 0.224. The van der Waals surface area contributed by atoms with Crippen molar-refractivity contribution in [1.82, 2.24) is 0 Å². The third-order valence-electron chi connectivity index (χ3n) is 0.447. The fraction of sp³-hybridized carbons (Fsp3) is 1.00. The van der Waals surface area contributed by atoms with E-state index in [1.165, 1.54) is 10.8 Å². The first-order chi connectivity index (χ1) is 2.41. The Hall–Kier alpha value is 0.818. The Kier molecular flexibility index (Phi) is 5.61. The van der Waals surface area contributed by atoms with Crippen molar-refractivity contribution in [3.63, 3.8) is 0 Å². The van der Waals surface area contributed by atoms with Gasteiger partial charge >= 0.3 is 44.2 Å². The average Bonchev–Trinajstić information content (AvgIpc) is 1.41. The summed E-state index contributed by atoms with van der Waals surface area (Å²) in [6.45, 7) is 2.25. The van der Waals surface area contributed by atoms with Crippen LogP contribution >= 0.6 is 0 Å². The van der Waals surface area contributed by atoms with Gasteiger partial charge in [-0.1, -0.05) is 0 Å². The Bertz CT molecular complexity index is 11.1. The standard InChI is InChI=1S/C3H7.CH3.Sb/c1-3-2;;/h1,3H2,2H3;1H3;. The minimum absolute atomic E-state index is 0.340. The summed E-state index contributed by atoms with van der Waals surface area (Å²) in [7, 11) is 0. The molecule has 1 radical (unpaired) electrons. The molecule has 0 spiro atoms. The Labute approximate surface area is 44.5 Å². The number of hydrogen-bond acceptors (Lipinski definition) is 0. The van der Waals surface area contributed by atoms with Gasteiger partial charge in [0.2, 0.25) is 0 Å². The first-order valence-corrected chi connectivity index (χ1v) is 6.33. The van der Waals surface area contributed by atoms with Crippen LogP contribution in [0.4, 0.5) is 0 Å². The van der Waals surface area contributed by atoms with E-state index in [1.54, 1.807) is 0 Å². The molecule has 0 nitrogen and oxygen atoms in total. The summed E-state index contributed by atoms with van der Waals surface area (Å²) in [5.74, 6) is 0. The van der Waals surface area contributed by atoms with Gasteiger partial charge in [0.15, 0.2) is 0 Å². The predicted molar refractivity (Wildman–Crippen MR) is 26.7 cm³/mol. The number of hydrogen-bond donors (Lipinski definition) is 0. The van der Waals surface area contributed by atoms with Crippen molar-refractivity contribution < 1.29 is 0 Å². The van der Waals surface area contributed by atoms with Gasteiger partial charge in [0.25, 0.3) is 0 Å². The van der Waals surface area contributed by atoms with E-state index in [0.29, 0.717) is 21.6 Å². The summed E-state index contributed by atoms with van der Waals surface area (Å²) in [6.07, 6.45) is 1.41. The molecule has 0 aliphatic heterocycles. The molecule has 0 saturated carbocycles. The van der Waals surface area contributed by atoms with E-state index in [9.17, 15) is 0 Å². The molecule has 5 heavy (non-hydrogen) atoms. The van der Waals surface area contributed by atoms with Crippen LogP contribution in [0, 0.1) is 0 Å². The third kappa shape index (κ3) is 4.82. The first kappa shape index (κ1) is 5.82.